The summed E-state index contributed by atoms with van der Waals surface area (Å²) in [4.78, 5) is -0.0307. The van der Waals surface area contributed by atoms with E-state index in [1.165, 1.54) is 30.3 Å². The number of hydrogen-bond donors (Lipinski definition) is 0. The quantitative estimate of drug-likeness (QED) is 0.615. The molecule has 0 aliphatic heterocycles. The van der Waals surface area contributed by atoms with Crippen molar-refractivity contribution >= 4 is 51.6 Å². The van der Waals surface area contributed by atoms with Crippen molar-refractivity contribution in [3.05, 3.63) is 56.7 Å². The zero-order chi connectivity index (χ0) is 15.6. The van der Waals surface area contributed by atoms with E-state index in [1.54, 1.807) is 6.07 Å². The van der Waals surface area contributed by atoms with Crippen molar-refractivity contribution in [2.45, 2.75) is 11.5 Å². The molecule has 0 unspecified atom stereocenters. The van der Waals surface area contributed by atoms with Crippen LogP contribution >= 0.6 is 42.5 Å². The molecule has 0 bridgehead atoms. The Balaban J connectivity index is 2.17. The predicted molar refractivity (Wildman–Crippen MR) is 85.6 cm³/mol. The van der Waals surface area contributed by atoms with E-state index in [0.29, 0.717) is 20.3 Å². The third kappa shape index (κ3) is 4.67. The summed E-state index contributed by atoms with van der Waals surface area (Å²) in [7, 11) is 1.46. The third-order valence-corrected chi connectivity index (χ3v) is 4.93. The van der Waals surface area contributed by atoms with Gasteiger partial charge in [-0.1, -0.05) is 15.9 Å². The lowest BCUT2D eigenvalue weighted by Gasteiger charge is -2.09. The Morgan fingerprint density at radius 1 is 1.14 bits per heavy atom. The second kappa shape index (κ2) is 6.64. The highest BCUT2D eigenvalue weighted by Gasteiger charge is 2.12. The zero-order valence-electron chi connectivity index (χ0n) is 10.3. The molecule has 0 saturated carbocycles. The maximum absolute atomic E-state index is 13.2. The summed E-state index contributed by atoms with van der Waals surface area (Å²) >= 11 is 6.41. The van der Waals surface area contributed by atoms with Crippen molar-refractivity contribution in [1.29, 1.82) is 0 Å². The third-order valence-electron chi connectivity index (χ3n) is 2.50. The minimum absolute atomic E-state index is 0.0307. The molecule has 2 rings (SSSR count). The van der Waals surface area contributed by atoms with E-state index >= 15 is 0 Å². The molecule has 112 valence electrons. The fraction of sp³-hybridized carbons (Fsp3) is 0.0769. The number of rotatable bonds is 4. The zero-order valence-corrected chi connectivity index (χ0v) is 15.1. The average molecular weight is 459 g/mol. The normalized spacial score (nSPS) is 11.4. The first kappa shape index (κ1) is 16.7. The number of ether oxygens (including phenoxy) is 1. The Morgan fingerprint density at radius 3 is 2.43 bits per heavy atom. The Hall–Kier alpha value is -0.630. The molecule has 2 aromatic rings. The number of benzene rings is 2. The molecule has 0 spiro atoms. The molecule has 0 amide bonds. The highest BCUT2D eigenvalue weighted by Crippen LogP contribution is 2.30. The van der Waals surface area contributed by atoms with E-state index in [0.717, 1.165) is 0 Å². The van der Waals surface area contributed by atoms with Gasteiger partial charge in [0.2, 0.25) is 0 Å². The molecule has 0 aliphatic carbocycles. The van der Waals surface area contributed by atoms with Crippen molar-refractivity contribution in [3.63, 3.8) is 0 Å². The van der Waals surface area contributed by atoms with Crippen molar-refractivity contribution in [3.8, 4) is 5.75 Å². The summed E-state index contributed by atoms with van der Waals surface area (Å²) in [5, 5.41) is 0. The van der Waals surface area contributed by atoms with Crippen LogP contribution in [0.4, 0.5) is 4.39 Å². The monoisotopic (exact) mass is 456 g/mol. The van der Waals surface area contributed by atoms with E-state index in [-0.39, 0.29) is 17.3 Å². The van der Waals surface area contributed by atoms with Gasteiger partial charge in [0.15, 0.2) is 0 Å². The molecule has 0 saturated heterocycles. The Bertz CT molecular complexity index is 761. The molecule has 0 aliphatic rings. The smallest absolute Gasteiger partial charge is 0.261 e. The Labute approximate surface area is 142 Å². The van der Waals surface area contributed by atoms with Crippen molar-refractivity contribution in [2.75, 3.05) is 0 Å². The van der Waals surface area contributed by atoms with Gasteiger partial charge in [-0.15, -0.1) is 0 Å². The molecule has 0 radical (unpaired) electrons. The van der Waals surface area contributed by atoms with Gasteiger partial charge in [-0.2, -0.15) is 0 Å². The molecular weight excluding hydrogens is 450 g/mol. The van der Waals surface area contributed by atoms with Crippen LogP contribution in [-0.4, -0.2) is 8.42 Å². The van der Waals surface area contributed by atoms with E-state index < -0.39 is 9.05 Å². The molecule has 21 heavy (non-hydrogen) atoms. The molecule has 8 heteroatoms. The molecule has 2 aromatic carbocycles. The Morgan fingerprint density at radius 2 is 1.86 bits per heavy atom. The first-order chi connectivity index (χ1) is 9.75. The SMILES string of the molecule is O=S(=O)(Cl)c1ccc(OCc2cc(F)cc(Br)c2)c(Br)c1. The van der Waals surface area contributed by atoms with Crippen molar-refractivity contribution in [2.24, 2.45) is 0 Å². The molecule has 0 atom stereocenters. The average Bonchev–Trinajstić information content (AvgIpc) is 2.35. The van der Waals surface area contributed by atoms with E-state index in [2.05, 4.69) is 31.9 Å². The van der Waals surface area contributed by atoms with Gasteiger partial charge in [-0.3, -0.25) is 0 Å². The highest BCUT2D eigenvalue weighted by atomic mass is 79.9. The summed E-state index contributed by atoms with van der Waals surface area (Å²) in [5.74, 6) is 0.0603. The van der Waals surface area contributed by atoms with Crippen LogP contribution in [-0.2, 0) is 15.7 Å². The topological polar surface area (TPSA) is 43.4 Å². The summed E-state index contributed by atoms with van der Waals surface area (Å²) in [6.07, 6.45) is 0. The summed E-state index contributed by atoms with van der Waals surface area (Å²) in [6, 6.07) is 8.60. The van der Waals surface area contributed by atoms with Crippen LogP contribution in [0.25, 0.3) is 0 Å². The lowest BCUT2D eigenvalue weighted by atomic mass is 10.2. The summed E-state index contributed by atoms with van der Waals surface area (Å²) < 4.78 is 42.2. The minimum Gasteiger partial charge on any atom is -0.488 e. The van der Waals surface area contributed by atoms with Crippen LogP contribution in [0.2, 0.25) is 0 Å². The van der Waals surface area contributed by atoms with Crippen LogP contribution in [0.15, 0.2) is 50.2 Å². The lowest BCUT2D eigenvalue weighted by molar-refractivity contribution is 0.303. The van der Waals surface area contributed by atoms with Gasteiger partial charge in [-0.05, 0) is 57.9 Å². The van der Waals surface area contributed by atoms with Gasteiger partial charge in [0, 0.05) is 15.2 Å². The van der Waals surface area contributed by atoms with Gasteiger partial charge in [-0.25, -0.2) is 12.8 Å². The molecule has 0 N–H and O–H groups in total. The first-order valence-corrected chi connectivity index (χ1v) is 9.47. The van der Waals surface area contributed by atoms with Gasteiger partial charge >= 0.3 is 0 Å². The van der Waals surface area contributed by atoms with Crippen molar-refractivity contribution in [1.82, 2.24) is 0 Å². The van der Waals surface area contributed by atoms with Crippen LogP contribution in [0.5, 0.6) is 5.75 Å². The van der Waals surface area contributed by atoms with Gasteiger partial charge in [0.05, 0.1) is 9.37 Å². The minimum atomic E-state index is -3.79. The maximum atomic E-state index is 13.2. The predicted octanol–water partition coefficient (Wildman–Crippen LogP) is 4.86. The van der Waals surface area contributed by atoms with Crippen LogP contribution in [0.1, 0.15) is 5.56 Å². The second-order valence-electron chi connectivity index (χ2n) is 4.10. The van der Waals surface area contributed by atoms with Gasteiger partial charge in [0.25, 0.3) is 9.05 Å². The molecule has 0 aromatic heterocycles. The standard InChI is InChI=1S/C13H8Br2ClFO3S/c14-9-3-8(4-10(17)5-9)7-20-13-2-1-11(6-12(13)15)21(16,18)19/h1-6H,7H2. The van der Waals surface area contributed by atoms with E-state index in [1.807, 2.05) is 0 Å². The van der Waals surface area contributed by atoms with E-state index in [9.17, 15) is 12.8 Å². The lowest BCUT2D eigenvalue weighted by Crippen LogP contribution is -1.98. The molecular formula is C13H8Br2ClFO3S. The maximum Gasteiger partial charge on any atom is 0.261 e. The number of halogens is 4. The fourth-order valence-electron chi connectivity index (χ4n) is 1.61. The van der Waals surface area contributed by atoms with Crippen LogP contribution in [0, 0.1) is 5.82 Å². The second-order valence-corrected chi connectivity index (χ2v) is 8.43. The van der Waals surface area contributed by atoms with Gasteiger partial charge < -0.3 is 4.74 Å². The highest BCUT2D eigenvalue weighted by molar-refractivity contribution is 9.10. The summed E-state index contributed by atoms with van der Waals surface area (Å²) in [6.45, 7) is 0.141. The van der Waals surface area contributed by atoms with Crippen molar-refractivity contribution < 1.29 is 17.5 Å². The first-order valence-electron chi connectivity index (χ1n) is 5.58. The molecule has 0 heterocycles. The van der Waals surface area contributed by atoms with E-state index in [4.69, 9.17) is 15.4 Å². The molecule has 0 fully saturated rings. The number of hydrogen-bond acceptors (Lipinski definition) is 3. The molecule has 3 nitrogen and oxygen atoms in total. The largest absolute Gasteiger partial charge is 0.488 e. The van der Waals surface area contributed by atoms with Gasteiger partial charge in [0.1, 0.15) is 18.2 Å². The Kier molecular flexibility index (Phi) is 5.29. The summed E-state index contributed by atoms with van der Waals surface area (Å²) in [5.41, 5.74) is 0.641. The van der Waals surface area contributed by atoms with Crippen LogP contribution in [0.3, 0.4) is 0 Å². The fourth-order valence-corrected chi connectivity index (χ4v) is 3.54. The van der Waals surface area contributed by atoms with Crippen LogP contribution < -0.4 is 4.74 Å².